The number of nitrogens with one attached hydrogen (secondary N) is 2. The lowest BCUT2D eigenvalue weighted by Gasteiger charge is -2.09. The van der Waals surface area contributed by atoms with Gasteiger partial charge in [-0.1, -0.05) is 30.3 Å². The molecule has 1 aromatic heterocycles. The van der Waals surface area contributed by atoms with Crippen molar-refractivity contribution in [1.29, 1.82) is 0 Å². The Bertz CT molecular complexity index is 829. The summed E-state index contributed by atoms with van der Waals surface area (Å²) in [6.07, 6.45) is 0. The first kappa shape index (κ1) is 17.6. The van der Waals surface area contributed by atoms with Crippen LogP contribution < -0.4 is 15.6 Å². The van der Waals surface area contributed by atoms with E-state index in [2.05, 4.69) is 15.6 Å². The molecule has 0 saturated heterocycles. The van der Waals surface area contributed by atoms with Gasteiger partial charge in [-0.15, -0.1) is 0 Å². The van der Waals surface area contributed by atoms with Crippen LogP contribution in [0.1, 0.15) is 21.9 Å². The Morgan fingerprint density at radius 2 is 1.77 bits per heavy atom. The predicted octanol–water partition coefficient (Wildman–Crippen LogP) is 3.76. The van der Waals surface area contributed by atoms with E-state index >= 15 is 0 Å². The normalized spacial score (nSPS) is 10.3. The van der Waals surface area contributed by atoms with Gasteiger partial charge < -0.3 is 19.3 Å². The summed E-state index contributed by atoms with van der Waals surface area (Å²) in [5.41, 5.74) is 8.43. The first-order valence-electron chi connectivity index (χ1n) is 8.17. The van der Waals surface area contributed by atoms with Gasteiger partial charge in [0.2, 0.25) is 5.76 Å². The maximum Gasteiger partial charge on any atom is 0.373 e. The van der Waals surface area contributed by atoms with Gasteiger partial charge in [-0.25, -0.2) is 10.2 Å². The van der Waals surface area contributed by atoms with Gasteiger partial charge in [0.15, 0.2) is 0 Å². The molecule has 0 atom stereocenters. The number of hydrogen-bond acceptors (Lipinski definition) is 6. The SMILES string of the molecule is COC(=O)c1ccc(COc2ccc(CNNc3ccccc3)cc2)o1. The number of anilines is 1. The molecule has 0 saturated carbocycles. The fourth-order valence-electron chi connectivity index (χ4n) is 2.29. The van der Waals surface area contributed by atoms with Crippen LogP contribution in [0.3, 0.4) is 0 Å². The van der Waals surface area contributed by atoms with Crippen LogP contribution >= 0.6 is 0 Å². The zero-order chi connectivity index (χ0) is 18.2. The molecule has 26 heavy (non-hydrogen) atoms. The molecule has 3 aromatic rings. The Morgan fingerprint density at radius 3 is 2.50 bits per heavy atom. The number of ether oxygens (including phenoxy) is 2. The fourth-order valence-corrected chi connectivity index (χ4v) is 2.29. The summed E-state index contributed by atoms with van der Waals surface area (Å²) in [4.78, 5) is 11.3. The number of hydrogen-bond donors (Lipinski definition) is 2. The molecule has 0 aliphatic carbocycles. The van der Waals surface area contributed by atoms with Gasteiger partial charge in [0.1, 0.15) is 18.1 Å². The largest absolute Gasteiger partial charge is 0.486 e. The standard InChI is InChI=1S/C20H20N2O4/c1-24-20(23)19-12-11-18(26-19)14-25-17-9-7-15(8-10-17)13-21-22-16-5-3-2-4-6-16/h2-12,21-22H,13-14H2,1H3. The number of esters is 1. The molecule has 6 nitrogen and oxygen atoms in total. The average Bonchev–Trinajstić information content (AvgIpc) is 3.17. The second-order valence-corrected chi connectivity index (χ2v) is 5.53. The fraction of sp³-hybridized carbons (Fsp3) is 0.150. The van der Waals surface area contributed by atoms with E-state index in [0.717, 1.165) is 17.0 Å². The molecule has 6 heteroatoms. The highest BCUT2D eigenvalue weighted by molar-refractivity contribution is 5.86. The highest BCUT2D eigenvalue weighted by atomic mass is 16.5. The van der Waals surface area contributed by atoms with Crippen LogP contribution in [0.4, 0.5) is 5.69 Å². The molecule has 0 unspecified atom stereocenters. The van der Waals surface area contributed by atoms with Crippen molar-refractivity contribution < 1.29 is 18.7 Å². The molecule has 0 spiro atoms. The number of methoxy groups -OCH3 is 1. The second-order valence-electron chi connectivity index (χ2n) is 5.53. The van der Waals surface area contributed by atoms with E-state index in [1.165, 1.54) is 7.11 Å². The van der Waals surface area contributed by atoms with E-state index in [1.54, 1.807) is 12.1 Å². The van der Waals surface area contributed by atoms with Crippen LogP contribution in [-0.4, -0.2) is 13.1 Å². The Kier molecular flexibility index (Phi) is 5.90. The lowest BCUT2D eigenvalue weighted by Crippen LogP contribution is -2.20. The minimum Gasteiger partial charge on any atom is -0.486 e. The summed E-state index contributed by atoms with van der Waals surface area (Å²) in [5.74, 6) is 0.944. The van der Waals surface area contributed by atoms with Gasteiger partial charge in [0.25, 0.3) is 0 Å². The summed E-state index contributed by atoms with van der Waals surface area (Å²) in [5, 5.41) is 0. The van der Waals surface area contributed by atoms with Crippen molar-refractivity contribution in [2.24, 2.45) is 0 Å². The highest BCUT2D eigenvalue weighted by Gasteiger charge is 2.11. The van der Waals surface area contributed by atoms with Crippen LogP contribution in [0, 0.1) is 0 Å². The van der Waals surface area contributed by atoms with Crippen molar-refractivity contribution in [3.63, 3.8) is 0 Å². The summed E-state index contributed by atoms with van der Waals surface area (Å²) in [6, 6.07) is 20.9. The molecule has 0 radical (unpaired) electrons. The lowest BCUT2D eigenvalue weighted by atomic mass is 10.2. The number of para-hydroxylation sites is 1. The predicted molar refractivity (Wildman–Crippen MR) is 97.7 cm³/mol. The topological polar surface area (TPSA) is 72.7 Å². The summed E-state index contributed by atoms with van der Waals surface area (Å²) in [6.45, 7) is 0.917. The molecule has 0 fully saturated rings. The monoisotopic (exact) mass is 352 g/mol. The minimum atomic E-state index is -0.503. The molecular weight excluding hydrogens is 332 g/mol. The first-order chi connectivity index (χ1) is 12.7. The van der Waals surface area contributed by atoms with E-state index in [0.29, 0.717) is 12.3 Å². The van der Waals surface area contributed by atoms with Gasteiger partial charge in [0, 0.05) is 12.2 Å². The third-order valence-corrected chi connectivity index (χ3v) is 3.65. The maximum absolute atomic E-state index is 11.3. The number of carbonyl (C=O) groups is 1. The zero-order valence-electron chi connectivity index (χ0n) is 14.4. The van der Waals surface area contributed by atoms with E-state index in [1.807, 2.05) is 54.6 Å². The third-order valence-electron chi connectivity index (χ3n) is 3.65. The lowest BCUT2D eigenvalue weighted by molar-refractivity contribution is 0.0561. The number of furan rings is 1. The molecule has 3 rings (SSSR count). The summed E-state index contributed by atoms with van der Waals surface area (Å²) < 4.78 is 15.6. The van der Waals surface area contributed by atoms with Crippen molar-refractivity contribution in [2.75, 3.05) is 12.5 Å². The number of hydrazine groups is 1. The Balaban J connectivity index is 1.45. The van der Waals surface area contributed by atoms with Crippen LogP contribution in [0.25, 0.3) is 0 Å². The van der Waals surface area contributed by atoms with Crippen LogP contribution in [-0.2, 0) is 17.9 Å². The third kappa shape index (κ3) is 4.87. The maximum atomic E-state index is 11.3. The number of benzene rings is 2. The van der Waals surface area contributed by atoms with Gasteiger partial charge in [0.05, 0.1) is 7.11 Å². The quantitative estimate of drug-likeness (QED) is 0.475. The summed E-state index contributed by atoms with van der Waals surface area (Å²) in [7, 11) is 1.31. The van der Waals surface area contributed by atoms with Gasteiger partial charge >= 0.3 is 5.97 Å². The van der Waals surface area contributed by atoms with Gasteiger partial charge in [-0.3, -0.25) is 0 Å². The van der Waals surface area contributed by atoms with Crippen LogP contribution in [0.5, 0.6) is 5.75 Å². The first-order valence-corrected chi connectivity index (χ1v) is 8.17. The smallest absolute Gasteiger partial charge is 0.373 e. The molecule has 0 aliphatic rings. The van der Waals surface area contributed by atoms with Crippen LogP contribution in [0.15, 0.2) is 71.1 Å². The average molecular weight is 352 g/mol. The second kappa shape index (κ2) is 8.73. The van der Waals surface area contributed by atoms with Crippen LogP contribution in [0.2, 0.25) is 0 Å². The van der Waals surface area contributed by atoms with Crippen molar-refractivity contribution in [3.05, 3.63) is 83.8 Å². The highest BCUT2D eigenvalue weighted by Crippen LogP contribution is 2.16. The molecule has 0 aliphatic heterocycles. The summed E-state index contributed by atoms with van der Waals surface area (Å²) >= 11 is 0. The molecule has 2 N–H and O–H groups in total. The Hall–Kier alpha value is -3.25. The number of rotatable bonds is 8. The van der Waals surface area contributed by atoms with Crippen molar-refractivity contribution >= 4 is 11.7 Å². The molecule has 2 aromatic carbocycles. The van der Waals surface area contributed by atoms with E-state index in [-0.39, 0.29) is 12.4 Å². The number of carbonyl (C=O) groups excluding carboxylic acids is 1. The molecular formula is C20H20N2O4. The molecule has 0 bridgehead atoms. The van der Waals surface area contributed by atoms with E-state index < -0.39 is 5.97 Å². The molecule has 134 valence electrons. The van der Waals surface area contributed by atoms with Gasteiger partial charge in [-0.2, -0.15) is 0 Å². The zero-order valence-corrected chi connectivity index (χ0v) is 14.4. The van der Waals surface area contributed by atoms with Crippen molar-refractivity contribution in [3.8, 4) is 5.75 Å². The Morgan fingerprint density at radius 1 is 1.00 bits per heavy atom. The Labute approximate surface area is 151 Å². The molecule has 0 amide bonds. The molecule has 1 heterocycles. The van der Waals surface area contributed by atoms with E-state index in [4.69, 9.17) is 9.15 Å². The van der Waals surface area contributed by atoms with Gasteiger partial charge in [-0.05, 0) is 42.0 Å². The van der Waals surface area contributed by atoms with Crippen molar-refractivity contribution in [1.82, 2.24) is 5.43 Å². The van der Waals surface area contributed by atoms with Crippen molar-refractivity contribution in [2.45, 2.75) is 13.2 Å². The minimum absolute atomic E-state index is 0.165. The van der Waals surface area contributed by atoms with E-state index in [9.17, 15) is 4.79 Å².